The van der Waals surface area contributed by atoms with Gasteiger partial charge in [0.2, 0.25) is 6.10 Å². The SMILES string of the molecule is O=COC(C(=O)OCc1ccccc1)c1ccccc1. The average molecular weight is 270 g/mol. The molecule has 0 aliphatic carbocycles. The third-order valence-corrected chi connectivity index (χ3v) is 2.73. The third-order valence-electron chi connectivity index (χ3n) is 2.73. The van der Waals surface area contributed by atoms with E-state index in [0.29, 0.717) is 5.56 Å². The highest BCUT2D eigenvalue weighted by atomic mass is 16.6. The second-order valence-electron chi connectivity index (χ2n) is 4.12. The van der Waals surface area contributed by atoms with E-state index in [-0.39, 0.29) is 13.1 Å². The molecule has 102 valence electrons. The summed E-state index contributed by atoms with van der Waals surface area (Å²) in [5.41, 5.74) is 1.46. The molecule has 0 N–H and O–H groups in total. The number of ether oxygens (including phenoxy) is 2. The molecule has 0 saturated heterocycles. The van der Waals surface area contributed by atoms with Crippen LogP contribution in [0, 0.1) is 0 Å². The Morgan fingerprint density at radius 3 is 2.20 bits per heavy atom. The number of hydrogen-bond acceptors (Lipinski definition) is 4. The molecule has 0 amide bonds. The van der Waals surface area contributed by atoms with Crippen molar-refractivity contribution < 1.29 is 19.1 Å². The van der Waals surface area contributed by atoms with E-state index in [1.807, 2.05) is 36.4 Å². The molecule has 1 unspecified atom stereocenters. The summed E-state index contributed by atoms with van der Waals surface area (Å²) in [6.45, 7) is 0.396. The minimum atomic E-state index is -1.03. The summed E-state index contributed by atoms with van der Waals surface area (Å²) in [6, 6.07) is 18.1. The standard InChI is InChI=1S/C16H14O4/c17-12-20-15(14-9-5-2-6-10-14)16(18)19-11-13-7-3-1-4-8-13/h1-10,12,15H,11H2. The van der Waals surface area contributed by atoms with Crippen LogP contribution in [0.5, 0.6) is 0 Å². The van der Waals surface area contributed by atoms with E-state index in [2.05, 4.69) is 0 Å². The molecule has 4 nitrogen and oxygen atoms in total. The lowest BCUT2D eigenvalue weighted by atomic mass is 10.1. The van der Waals surface area contributed by atoms with Gasteiger partial charge < -0.3 is 9.47 Å². The maximum absolute atomic E-state index is 12.0. The van der Waals surface area contributed by atoms with Crippen LogP contribution in [0.15, 0.2) is 60.7 Å². The first-order chi connectivity index (χ1) is 9.81. The van der Waals surface area contributed by atoms with Gasteiger partial charge in [-0.25, -0.2) is 4.79 Å². The Labute approximate surface area is 116 Å². The molecule has 0 aromatic heterocycles. The zero-order valence-electron chi connectivity index (χ0n) is 10.8. The van der Waals surface area contributed by atoms with Crippen molar-refractivity contribution in [3.8, 4) is 0 Å². The zero-order valence-corrected chi connectivity index (χ0v) is 10.8. The second-order valence-corrected chi connectivity index (χ2v) is 4.12. The van der Waals surface area contributed by atoms with Gasteiger partial charge in [0.15, 0.2) is 0 Å². The summed E-state index contributed by atoms with van der Waals surface area (Å²) >= 11 is 0. The molecule has 1 atom stereocenters. The summed E-state index contributed by atoms with van der Waals surface area (Å²) in [4.78, 5) is 22.5. The van der Waals surface area contributed by atoms with Crippen molar-refractivity contribution in [1.29, 1.82) is 0 Å². The lowest BCUT2D eigenvalue weighted by Crippen LogP contribution is -2.18. The van der Waals surface area contributed by atoms with E-state index in [9.17, 15) is 9.59 Å². The van der Waals surface area contributed by atoms with Crippen LogP contribution >= 0.6 is 0 Å². The van der Waals surface area contributed by atoms with E-state index in [0.717, 1.165) is 5.56 Å². The first-order valence-corrected chi connectivity index (χ1v) is 6.16. The van der Waals surface area contributed by atoms with Crippen LogP contribution in [0.1, 0.15) is 17.2 Å². The number of rotatable bonds is 6. The van der Waals surface area contributed by atoms with Crippen LogP contribution in [0.3, 0.4) is 0 Å². The van der Waals surface area contributed by atoms with E-state index < -0.39 is 12.1 Å². The van der Waals surface area contributed by atoms with Crippen molar-refractivity contribution in [2.75, 3.05) is 0 Å². The Balaban J connectivity index is 2.02. The van der Waals surface area contributed by atoms with Crippen molar-refractivity contribution in [3.05, 3.63) is 71.8 Å². The van der Waals surface area contributed by atoms with Gasteiger partial charge in [-0.05, 0) is 5.56 Å². The Morgan fingerprint density at radius 2 is 1.60 bits per heavy atom. The van der Waals surface area contributed by atoms with Gasteiger partial charge in [0.1, 0.15) is 6.61 Å². The monoisotopic (exact) mass is 270 g/mol. The predicted octanol–water partition coefficient (Wildman–Crippen LogP) is 2.64. The molecule has 0 spiro atoms. The minimum absolute atomic E-state index is 0.144. The Bertz CT molecular complexity index is 551. The van der Waals surface area contributed by atoms with Gasteiger partial charge in [-0.3, -0.25) is 4.79 Å². The number of benzene rings is 2. The van der Waals surface area contributed by atoms with E-state index in [4.69, 9.17) is 9.47 Å². The number of hydrogen-bond donors (Lipinski definition) is 0. The van der Waals surface area contributed by atoms with Crippen LogP contribution < -0.4 is 0 Å². The first-order valence-electron chi connectivity index (χ1n) is 6.16. The lowest BCUT2D eigenvalue weighted by molar-refractivity contribution is -0.163. The predicted molar refractivity (Wildman–Crippen MR) is 72.6 cm³/mol. The largest absolute Gasteiger partial charge is 0.458 e. The highest BCUT2D eigenvalue weighted by Gasteiger charge is 2.23. The van der Waals surface area contributed by atoms with E-state index in [1.165, 1.54) is 0 Å². The smallest absolute Gasteiger partial charge is 0.352 e. The number of carbonyl (C=O) groups is 2. The molecule has 0 bridgehead atoms. The third kappa shape index (κ3) is 3.68. The molecule has 0 saturated carbocycles. The van der Waals surface area contributed by atoms with Crippen LogP contribution in [-0.4, -0.2) is 12.4 Å². The molecule has 0 aliphatic heterocycles. The van der Waals surface area contributed by atoms with Crippen LogP contribution in [-0.2, 0) is 25.7 Å². The molecule has 0 radical (unpaired) electrons. The first kappa shape index (κ1) is 13.8. The van der Waals surface area contributed by atoms with Crippen molar-refractivity contribution in [2.24, 2.45) is 0 Å². The molecule has 0 heterocycles. The van der Waals surface area contributed by atoms with Gasteiger partial charge in [-0.2, -0.15) is 0 Å². The van der Waals surface area contributed by atoms with Gasteiger partial charge in [0.25, 0.3) is 6.47 Å². The maximum atomic E-state index is 12.0. The van der Waals surface area contributed by atoms with Gasteiger partial charge in [0.05, 0.1) is 0 Å². The highest BCUT2D eigenvalue weighted by Crippen LogP contribution is 2.18. The zero-order chi connectivity index (χ0) is 14.2. The highest BCUT2D eigenvalue weighted by molar-refractivity contribution is 5.77. The van der Waals surface area contributed by atoms with Gasteiger partial charge in [0, 0.05) is 5.56 Å². The van der Waals surface area contributed by atoms with Gasteiger partial charge in [-0.15, -0.1) is 0 Å². The van der Waals surface area contributed by atoms with E-state index in [1.54, 1.807) is 24.3 Å². The Hall–Kier alpha value is -2.62. The average Bonchev–Trinajstić information content (AvgIpc) is 2.52. The van der Waals surface area contributed by atoms with Crippen molar-refractivity contribution in [1.82, 2.24) is 0 Å². The summed E-state index contributed by atoms with van der Waals surface area (Å²) in [5.74, 6) is -0.591. The summed E-state index contributed by atoms with van der Waals surface area (Å²) in [7, 11) is 0. The summed E-state index contributed by atoms with van der Waals surface area (Å²) in [6.07, 6.45) is -1.03. The lowest BCUT2D eigenvalue weighted by Gasteiger charge is -2.14. The van der Waals surface area contributed by atoms with Crippen molar-refractivity contribution in [3.63, 3.8) is 0 Å². The second kappa shape index (κ2) is 7.09. The van der Waals surface area contributed by atoms with Gasteiger partial charge >= 0.3 is 5.97 Å². The van der Waals surface area contributed by atoms with Gasteiger partial charge in [-0.1, -0.05) is 60.7 Å². The summed E-state index contributed by atoms with van der Waals surface area (Å²) < 4.78 is 10.00. The van der Waals surface area contributed by atoms with Crippen LogP contribution in [0.4, 0.5) is 0 Å². The number of esters is 1. The fourth-order valence-corrected chi connectivity index (χ4v) is 1.76. The Morgan fingerprint density at radius 1 is 1.00 bits per heavy atom. The van der Waals surface area contributed by atoms with E-state index >= 15 is 0 Å². The fourth-order valence-electron chi connectivity index (χ4n) is 1.76. The van der Waals surface area contributed by atoms with Crippen molar-refractivity contribution in [2.45, 2.75) is 12.7 Å². The minimum Gasteiger partial charge on any atom is -0.458 e. The molecule has 2 aromatic rings. The molecule has 2 rings (SSSR count). The fraction of sp³-hybridized carbons (Fsp3) is 0.125. The normalized spacial score (nSPS) is 11.4. The van der Waals surface area contributed by atoms with Crippen LogP contribution in [0.25, 0.3) is 0 Å². The Kier molecular flexibility index (Phi) is 4.89. The molecule has 20 heavy (non-hydrogen) atoms. The molecular weight excluding hydrogens is 256 g/mol. The summed E-state index contributed by atoms with van der Waals surface area (Å²) in [5, 5.41) is 0. The number of carbonyl (C=O) groups excluding carboxylic acids is 2. The quantitative estimate of drug-likeness (QED) is 0.598. The molecular formula is C16H14O4. The van der Waals surface area contributed by atoms with Crippen molar-refractivity contribution >= 4 is 12.4 Å². The topological polar surface area (TPSA) is 52.6 Å². The molecule has 2 aromatic carbocycles. The maximum Gasteiger partial charge on any atom is 0.352 e. The molecule has 0 aliphatic rings. The molecule has 0 fully saturated rings. The van der Waals surface area contributed by atoms with Crippen LogP contribution in [0.2, 0.25) is 0 Å². The molecule has 4 heteroatoms.